The minimum absolute atomic E-state index is 0.0119. The van der Waals surface area contributed by atoms with Crippen LogP contribution in [0.2, 0.25) is 0 Å². The third-order valence-corrected chi connectivity index (χ3v) is 2.60. The minimum atomic E-state index is -1.12. The Morgan fingerprint density at radius 1 is 1.23 bits per heavy atom. The molecule has 5 nitrogen and oxygen atoms in total. The molecule has 1 amide bonds. The molecular weight excluding hydrogens is 296 g/mol. The van der Waals surface area contributed by atoms with Crippen molar-refractivity contribution in [3.63, 3.8) is 0 Å². The zero-order valence-electron chi connectivity index (χ0n) is 11.9. The number of benzene rings is 1. The summed E-state index contributed by atoms with van der Waals surface area (Å²) in [6.45, 7) is 1.75. The normalized spacial score (nSPS) is 10.5. The highest BCUT2D eigenvalue weighted by Crippen LogP contribution is 2.18. The van der Waals surface area contributed by atoms with Gasteiger partial charge in [-0.2, -0.15) is 0 Å². The van der Waals surface area contributed by atoms with Crippen LogP contribution in [0, 0.1) is 11.6 Å². The van der Waals surface area contributed by atoms with Crippen molar-refractivity contribution in [2.75, 3.05) is 18.1 Å². The molecule has 0 atom stereocenters. The number of carbonyl (C=O) groups is 3. The number of amides is 1. The first-order valence-electron chi connectivity index (χ1n) is 6.54. The lowest BCUT2D eigenvalue weighted by atomic mass is 10.2. The van der Waals surface area contributed by atoms with Crippen LogP contribution in [0.3, 0.4) is 0 Å². The van der Waals surface area contributed by atoms with Gasteiger partial charge < -0.3 is 14.4 Å². The van der Waals surface area contributed by atoms with Gasteiger partial charge in [0.25, 0.3) is 5.91 Å². The predicted molar refractivity (Wildman–Crippen MR) is 75.2 cm³/mol. The summed E-state index contributed by atoms with van der Waals surface area (Å²) in [5, 5.41) is 0. The molecule has 0 aliphatic carbocycles. The Morgan fingerprint density at radius 2 is 1.95 bits per heavy atom. The molecule has 0 N–H and O–H groups in total. The second-order valence-corrected chi connectivity index (χ2v) is 4.13. The third-order valence-electron chi connectivity index (χ3n) is 2.60. The van der Waals surface area contributed by atoms with E-state index in [1.807, 2.05) is 0 Å². The number of hydrogen-bond acceptors (Lipinski definition) is 4. The van der Waals surface area contributed by atoms with E-state index >= 15 is 0 Å². The van der Waals surface area contributed by atoms with Crippen molar-refractivity contribution in [1.29, 1.82) is 0 Å². The molecule has 0 unspecified atom stereocenters. The first-order chi connectivity index (χ1) is 10.5. The van der Waals surface area contributed by atoms with Crippen LogP contribution in [0.5, 0.6) is 0 Å². The number of rotatable bonds is 7. The third kappa shape index (κ3) is 5.08. The number of carbonyl (C=O) groups excluding carboxylic acids is 3. The Bertz CT molecular complexity index is 587. The van der Waals surface area contributed by atoms with Crippen molar-refractivity contribution in [3.05, 3.63) is 42.0 Å². The van der Waals surface area contributed by atoms with Crippen molar-refractivity contribution in [1.82, 2.24) is 0 Å². The Morgan fingerprint density at radius 3 is 2.55 bits per heavy atom. The Kier molecular flexibility index (Phi) is 6.88. The van der Waals surface area contributed by atoms with Crippen LogP contribution in [0.25, 0.3) is 0 Å². The molecule has 1 aromatic rings. The molecule has 7 heteroatoms. The maximum Gasteiger partial charge on any atom is 0.330 e. The molecule has 1 rings (SSSR count). The van der Waals surface area contributed by atoms with Crippen LogP contribution in [0.15, 0.2) is 30.4 Å². The standard InChI is InChI=1S/C15H15F2NO4/c1-2-22-15(21)7-6-14(20)18(8-3-9-19)11-4-5-12(16)13(17)10-11/h4-7,9-10H,2-3,8H2,1H3/b7-6+. The first-order valence-corrected chi connectivity index (χ1v) is 6.54. The van der Waals surface area contributed by atoms with E-state index < -0.39 is 23.5 Å². The molecule has 22 heavy (non-hydrogen) atoms. The van der Waals surface area contributed by atoms with Gasteiger partial charge in [0.05, 0.1) is 6.61 Å². The monoisotopic (exact) mass is 311 g/mol. The molecule has 0 saturated heterocycles. The molecule has 0 radical (unpaired) electrons. The number of aldehydes is 1. The number of ether oxygens (including phenoxy) is 1. The summed E-state index contributed by atoms with van der Waals surface area (Å²) in [7, 11) is 0. The van der Waals surface area contributed by atoms with Gasteiger partial charge in [-0.05, 0) is 19.1 Å². The summed E-state index contributed by atoms with van der Waals surface area (Å²) < 4.78 is 30.8. The predicted octanol–water partition coefficient (Wildman–Crippen LogP) is 2.01. The second-order valence-electron chi connectivity index (χ2n) is 4.13. The van der Waals surface area contributed by atoms with Crippen molar-refractivity contribution < 1.29 is 27.9 Å². The van der Waals surface area contributed by atoms with Gasteiger partial charge in [0.15, 0.2) is 11.6 Å². The number of hydrogen-bond donors (Lipinski definition) is 0. The van der Waals surface area contributed by atoms with Gasteiger partial charge in [-0.15, -0.1) is 0 Å². The number of halogens is 2. The molecule has 0 aromatic heterocycles. The summed E-state index contributed by atoms with van der Waals surface area (Å²) in [5.41, 5.74) is 0.0826. The zero-order chi connectivity index (χ0) is 16.5. The fraction of sp³-hybridized carbons (Fsp3) is 0.267. The van der Waals surface area contributed by atoms with Crippen LogP contribution >= 0.6 is 0 Å². The molecule has 0 bridgehead atoms. The largest absolute Gasteiger partial charge is 0.463 e. The Hall–Kier alpha value is -2.57. The number of anilines is 1. The van der Waals surface area contributed by atoms with E-state index in [2.05, 4.69) is 4.74 Å². The van der Waals surface area contributed by atoms with Crippen LogP contribution in [0.1, 0.15) is 13.3 Å². The number of esters is 1. The van der Waals surface area contributed by atoms with Crippen LogP contribution in [-0.4, -0.2) is 31.3 Å². The highest BCUT2D eigenvalue weighted by Gasteiger charge is 2.15. The van der Waals surface area contributed by atoms with Crippen LogP contribution in [-0.2, 0) is 19.1 Å². The number of nitrogens with zero attached hydrogens (tertiary/aromatic N) is 1. The van der Waals surface area contributed by atoms with Gasteiger partial charge in [0, 0.05) is 36.9 Å². The zero-order valence-corrected chi connectivity index (χ0v) is 11.9. The molecular formula is C15H15F2NO4. The molecule has 0 saturated carbocycles. The molecule has 0 heterocycles. The van der Waals surface area contributed by atoms with Crippen molar-refractivity contribution in [3.8, 4) is 0 Å². The lowest BCUT2D eigenvalue weighted by Gasteiger charge is -2.20. The molecule has 0 aliphatic heterocycles. The second kappa shape index (κ2) is 8.66. The van der Waals surface area contributed by atoms with E-state index in [9.17, 15) is 23.2 Å². The smallest absolute Gasteiger partial charge is 0.330 e. The lowest BCUT2D eigenvalue weighted by molar-refractivity contribution is -0.137. The maximum atomic E-state index is 13.3. The van der Waals surface area contributed by atoms with Crippen LogP contribution < -0.4 is 4.90 Å². The Balaban J connectivity index is 2.96. The van der Waals surface area contributed by atoms with Gasteiger partial charge in [0.2, 0.25) is 0 Å². The fourth-order valence-corrected chi connectivity index (χ4v) is 1.62. The molecule has 0 spiro atoms. The molecule has 1 aromatic carbocycles. The summed E-state index contributed by atoms with van der Waals surface area (Å²) >= 11 is 0. The van der Waals surface area contributed by atoms with Crippen molar-refractivity contribution in [2.24, 2.45) is 0 Å². The quantitative estimate of drug-likeness (QED) is 0.439. The summed E-state index contributed by atoms with van der Waals surface area (Å²) in [5.74, 6) is -3.51. The van der Waals surface area contributed by atoms with Gasteiger partial charge >= 0.3 is 5.97 Å². The van der Waals surface area contributed by atoms with Gasteiger partial charge in [-0.1, -0.05) is 0 Å². The topological polar surface area (TPSA) is 63.7 Å². The summed E-state index contributed by atoms with van der Waals surface area (Å²) in [4.78, 5) is 34.8. The first kappa shape index (κ1) is 17.5. The van der Waals surface area contributed by atoms with Gasteiger partial charge in [-0.3, -0.25) is 4.79 Å². The van der Waals surface area contributed by atoms with E-state index in [0.29, 0.717) is 6.29 Å². The van der Waals surface area contributed by atoms with Crippen molar-refractivity contribution in [2.45, 2.75) is 13.3 Å². The lowest BCUT2D eigenvalue weighted by Crippen LogP contribution is -2.31. The average molecular weight is 311 g/mol. The summed E-state index contributed by atoms with van der Waals surface area (Å²) in [6, 6.07) is 2.93. The summed E-state index contributed by atoms with van der Waals surface area (Å²) in [6.07, 6.45) is 2.48. The average Bonchev–Trinajstić information content (AvgIpc) is 2.49. The highest BCUT2D eigenvalue weighted by molar-refractivity contribution is 6.04. The van der Waals surface area contributed by atoms with E-state index in [-0.39, 0.29) is 25.3 Å². The van der Waals surface area contributed by atoms with E-state index in [0.717, 1.165) is 29.2 Å². The van der Waals surface area contributed by atoms with E-state index in [4.69, 9.17) is 0 Å². The van der Waals surface area contributed by atoms with Gasteiger partial charge in [0.1, 0.15) is 6.29 Å². The SMILES string of the molecule is CCOC(=O)/C=C/C(=O)N(CCC=O)c1ccc(F)c(F)c1. The van der Waals surface area contributed by atoms with E-state index in [1.54, 1.807) is 6.92 Å². The van der Waals surface area contributed by atoms with Gasteiger partial charge in [-0.25, -0.2) is 13.6 Å². The van der Waals surface area contributed by atoms with E-state index in [1.165, 1.54) is 6.07 Å². The highest BCUT2D eigenvalue weighted by atomic mass is 19.2. The molecule has 0 aliphatic rings. The molecule has 118 valence electrons. The fourth-order valence-electron chi connectivity index (χ4n) is 1.62. The van der Waals surface area contributed by atoms with Crippen molar-refractivity contribution >= 4 is 23.9 Å². The Labute approximate surface area is 126 Å². The maximum absolute atomic E-state index is 13.3. The van der Waals surface area contributed by atoms with Crippen LogP contribution in [0.4, 0.5) is 14.5 Å². The molecule has 0 fully saturated rings. The minimum Gasteiger partial charge on any atom is -0.463 e.